The van der Waals surface area contributed by atoms with E-state index >= 15 is 0 Å². The molecule has 122 valence electrons. The number of urea groups is 1. The second kappa shape index (κ2) is 6.66. The number of hydrogen-bond acceptors (Lipinski definition) is 5. The van der Waals surface area contributed by atoms with Crippen LogP contribution in [-0.2, 0) is 9.53 Å². The number of nitro benzene ring substituents is 1. The molecular formula is C14H14ClN3O5. The van der Waals surface area contributed by atoms with Gasteiger partial charge in [-0.3, -0.25) is 10.1 Å². The van der Waals surface area contributed by atoms with Gasteiger partial charge in [-0.2, -0.15) is 0 Å². The van der Waals surface area contributed by atoms with Crippen molar-refractivity contribution >= 4 is 29.3 Å². The Balaban J connectivity index is 2.52. The molecule has 1 aromatic carbocycles. The van der Waals surface area contributed by atoms with E-state index in [1.54, 1.807) is 13.8 Å². The van der Waals surface area contributed by atoms with Gasteiger partial charge in [-0.25, -0.2) is 9.59 Å². The van der Waals surface area contributed by atoms with Crippen molar-refractivity contribution in [1.82, 2.24) is 10.6 Å². The van der Waals surface area contributed by atoms with Crippen molar-refractivity contribution < 1.29 is 19.2 Å². The van der Waals surface area contributed by atoms with Crippen LogP contribution in [0.25, 0.3) is 0 Å². The van der Waals surface area contributed by atoms with Crippen molar-refractivity contribution in [3.63, 3.8) is 0 Å². The van der Waals surface area contributed by atoms with Crippen LogP contribution in [-0.4, -0.2) is 23.5 Å². The van der Waals surface area contributed by atoms with Gasteiger partial charge >= 0.3 is 12.0 Å². The lowest BCUT2D eigenvalue weighted by molar-refractivity contribution is -0.384. The fourth-order valence-corrected chi connectivity index (χ4v) is 2.46. The van der Waals surface area contributed by atoms with Crippen LogP contribution >= 0.6 is 11.6 Å². The number of carbonyl (C=O) groups excluding carboxylic acids is 2. The topological polar surface area (TPSA) is 111 Å². The molecule has 1 aromatic rings. The Kier molecular flexibility index (Phi) is 4.85. The van der Waals surface area contributed by atoms with Gasteiger partial charge in [0.1, 0.15) is 5.02 Å². The lowest BCUT2D eigenvalue weighted by Crippen LogP contribution is -2.45. The van der Waals surface area contributed by atoms with Gasteiger partial charge in [-0.15, -0.1) is 0 Å². The molecular weight excluding hydrogens is 326 g/mol. The first-order chi connectivity index (χ1) is 10.8. The number of allylic oxidation sites excluding steroid dienone is 1. The number of amides is 2. The molecule has 0 aliphatic carbocycles. The molecule has 23 heavy (non-hydrogen) atoms. The maximum atomic E-state index is 12.2. The summed E-state index contributed by atoms with van der Waals surface area (Å²) in [7, 11) is 0. The van der Waals surface area contributed by atoms with Crippen LogP contribution in [0.2, 0.25) is 5.02 Å². The molecule has 2 rings (SSSR count). The first-order valence-electron chi connectivity index (χ1n) is 6.74. The second-order valence-corrected chi connectivity index (χ2v) is 5.17. The van der Waals surface area contributed by atoms with Gasteiger partial charge in [0.15, 0.2) is 0 Å². The van der Waals surface area contributed by atoms with E-state index in [1.807, 2.05) is 0 Å². The van der Waals surface area contributed by atoms with Crippen LogP contribution in [0, 0.1) is 10.1 Å². The summed E-state index contributed by atoms with van der Waals surface area (Å²) in [5.74, 6) is -0.611. The number of carbonyl (C=O) groups is 2. The standard InChI is InChI=1S/C14H14ClN3O5/c1-3-23-13(19)11-7(2)16-14(20)17-12(11)8-4-5-9(15)10(6-8)18(21)22/h4-6,12H,3H2,1-2H3,(H2,16,17,20). The van der Waals surface area contributed by atoms with Gasteiger partial charge in [0.05, 0.1) is 23.1 Å². The SMILES string of the molecule is CCOC(=O)C1=C(C)NC(=O)NC1c1ccc(Cl)c([N+](=O)[O-])c1. The zero-order chi connectivity index (χ0) is 17.1. The summed E-state index contributed by atoms with van der Waals surface area (Å²) < 4.78 is 4.99. The largest absolute Gasteiger partial charge is 0.463 e. The Morgan fingerprint density at radius 1 is 1.48 bits per heavy atom. The van der Waals surface area contributed by atoms with Crippen LogP contribution in [0.3, 0.4) is 0 Å². The van der Waals surface area contributed by atoms with E-state index in [0.29, 0.717) is 11.3 Å². The predicted octanol–water partition coefficient (Wildman–Crippen LogP) is 2.44. The highest BCUT2D eigenvalue weighted by molar-refractivity contribution is 6.32. The second-order valence-electron chi connectivity index (χ2n) is 4.76. The lowest BCUT2D eigenvalue weighted by atomic mass is 9.95. The van der Waals surface area contributed by atoms with Crippen molar-refractivity contribution in [2.24, 2.45) is 0 Å². The van der Waals surface area contributed by atoms with E-state index < -0.39 is 23.0 Å². The van der Waals surface area contributed by atoms with E-state index in [1.165, 1.54) is 18.2 Å². The molecule has 0 radical (unpaired) electrons. The average Bonchev–Trinajstić information content (AvgIpc) is 2.46. The van der Waals surface area contributed by atoms with Gasteiger partial charge < -0.3 is 15.4 Å². The van der Waals surface area contributed by atoms with Crippen LogP contribution in [0.1, 0.15) is 25.5 Å². The average molecular weight is 340 g/mol. The zero-order valence-electron chi connectivity index (χ0n) is 12.4. The first kappa shape index (κ1) is 16.8. The van der Waals surface area contributed by atoms with Crippen molar-refractivity contribution in [2.45, 2.75) is 19.9 Å². The minimum absolute atomic E-state index is 0.0302. The number of hydrogen-bond donors (Lipinski definition) is 2. The Morgan fingerprint density at radius 3 is 2.78 bits per heavy atom. The number of ether oxygens (including phenoxy) is 1. The highest BCUT2D eigenvalue weighted by atomic mass is 35.5. The van der Waals surface area contributed by atoms with E-state index in [-0.39, 0.29) is 22.9 Å². The van der Waals surface area contributed by atoms with Crippen molar-refractivity contribution in [1.29, 1.82) is 0 Å². The summed E-state index contributed by atoms with van der Waals surface area (Å²) >= 11 is 5.79. The monoisotopic (exact) mass is 339 g/mol. The third-order valence-corrected chi connectivity index (χ3v) is 3.58. The molecule has 1 unspecified atom stereocenters. The number of nitro groups is 1. The Labute approximate surface area is 136 Å². The Bertz CT molecular complexity index is 716. The molecule has 8 nitrogen and oxygen atoms in total. The van der Waals surface area contributed by atoms with Gasteiger partial charge in [0, 0.05) is 11.8 Å². The molecule has 1 aliphatic heterocycles. The molecule has 1 atom stereocenters. The summed E-state index contributed by atoms with van der Waals surface area (Å²) in [6.45, 7) is 3.38. The van der Waals surface area contributed by atoms with Crippen molar-refractivity contribution in [2.75, 3.05) is 6.61 Å². The zero-order valence-corrected chi connectivity index (χ0v) is 13.1. The highest BCUT2D eigenvalue weighted by Gasteiger charge is 2.33. The highest BCUT2D eigenvalue weighted by Crippen LogP contribution is 2.32. The summed E-state index contributed by atoms with van der Waals surface area (Å²) in [6.07, 6.45) is 0. The number of halogens is 1. The number of benzene rings is 1. The van der Waals surface area contributed by atoms with E-state index in [4.69, 9.17) is 16.3 Å². The Morgan fingerprint density at radius 2 is 2.17 bits per heavy atom. The molecule has 2 amide bonds. The molecule has 0 bridgehead atoms. The molecule has 1 aliphatic rings. The lowest BCUT2D eigenvalue weighted by Gasteiger charge is -2.28. The third kappa shape index (κ3) is 3.42. The molecule has 1 heterocycles. The minimum Gasteiger partial charge on any atom is -0.463 e. The summed E-state index contributed by atoms with van der Waals surface area (Å²) in [4.78, 5) is 34.2. The molecule has 2 N–H and O–H groups in total. The summed E-state index contributed by atoms with van der Waals surface area (Å²) in [5.41, 5.74) is 0.564. The van der Waals surface area contributed by atoms with Crippen LogP contribution in [0.15, 0.2) is 29.5 Å². The van der Waals surface area contributed by atoms with Crippen molar-refractivity contribution in [3.05, 3.63) is 50.2 Å². The maximum absolute atomic E-state index is 12.2. The molecule has 0 saturated carbocycles. The minimum atomic E-state index is -0.862. The van der Waals surface area contributed by atoms with Crippen molar-refractivity contribution in [3.8, 4) is 0 Å². The number of esters is 1. The number of rotatable bonds is 4. The molecule has 0 saturated heterocycles. The van der Waals surface area contributed by atoms with E-state index in [0.717, 1.165) is 0 Å². The van der Waals surface area contributed by atoms with Crippen LogP contribution in [0.5, 0.6) is 0 Å². The van der Waals surface area contributed by atoms with Gasteiger partial charge in [-0.05, 0) is 25.5 Å². The van der Waals surface area contributed by atoms with Gasteiger partial charge in [0.25, 0.3) is 5.69 Å². The fourth-order valence-electron chi connectivity index (χ4n) is 2.27. The van der Waals surface area contributed by atoms with Crippen LogP contribution < -0.4 is 10.6 Å². The quantitative estimate of drug-likeness (QED) is 0.497. The normalized spacial score (nSPS) is 17.3. The predicted molar refractivity (Wildman–Crippen MR) is 81.8 cm³/mol. The van der Waals surface area contributed by atoms with Gasteiger partial charge in [0.2, 0.25) is 0 Å². The molecule has 0 fully saturated rings. The smallest absolute Gasteiger partial charge is 0.338 e. The fraction of sp³-hybridized carbons (Fsp3) is 0.286. The summed E-state index contributed by atoms with van der Waals surface area (Å²) in [6, 6.07) is 2.71. The third-order valence-electron chi connectivity index (χ3n) is 3.26. The maximum Gasteiger partial charge on any atom is 0.338 e. The molecule has 0 aromatic heterocycles. The van der Waals surface area contributed by atoms with E-state index in [9.17, 15) is 19.7 Å². The molecule has 0 spiro atoms. The number of nitrogens with one attached hydrogen (secondary N) is 2. The first-order valence-corrected chi connectivity index (χ1v) is 7.12. The number of nitrogens with zero attached hydrogens (tertiary/aromatic N) is 1. The van der Waals surface area contributed by atoms with Gasteiger partial charge in [-0.1, -0.05) is 17.7 Å². The summed E-state index contributed by atoms with van der Waals surface area (Å²) in [5, 5.41) is 16.0. The van der Waals surface area contributed by atoms with E-state index in [2.05, 4.69) is 10.6 Å². The Hall–Kier alpha value is -2.61. The van der Waals surface area contributed by atoms with Crippen LogP contribution in [0.4, 0.5) is 10.5 Å². The molecule has 9 heteroatoms.